The third-order valence-corrected chi connectivity index (χ3v) is 7.46. The monoisotopic (exact) mass is 569 g/mol. The Hall–Kier alpha value is -3.91. The lowest BCUT2D eigenvalue weighted by molar-refractivity contribution is -0.139. The van der Waals surface area contributed by atoms with Crippen molar-refractivity contribution in [1.82, 2.24) is 29.8 Å². The van der Waals surface area contributed by atoms with Crippen LogP contribution < -0.4 is 11.1 Å². The van der Waals surface area contributed by atoms with E-state index >= 15 is 0 Å². The van der Waals surface area contributed by atoms with Gasteiger partial charge < -0.3 is 16.0 Å². The zero-order chi connectivity index (χ0) is 29.0. The maximum Gasteiger partial charge on any atom is 0.418 e. The average molecular weight is 570 g/mol. The summed E-state index contributed by atoms with van der Waals surface area (Å²) in [4.78, 5) is 35.0. The highest BCUT2D eigenvalue weighted by Crippen LogP contribution is 2.39. The minimum absolute atomic E-state index is 0.00894. The van der Waals surface area contributed by atoms with Crippen molar-refractivity contribution in [3.05, 3.63) is 41.5 Å². The Kier molecular flexibility index (Phi) is 6.86. The summed E-state index contributed by atoms with van der Waals surface area (Å²) < 4.78 is 83.8. The molecule has 0 bridgehead atoms. The molecule has 0 unspecified atom stereocenters. The Morgan fingerprint density at radius 1 is 1.12 bits per heavy atom. The first kappa shape index (κ1) is 27.6. The number of hydrogen-bond donors (Lipinski definition) is 2. The van der Waals surface area contributed by atoms with E-state index in [1.54, 1.807) is 0 Å². The second kappa shape index (κ2) is 9.93. The van der Waals surface area contributed by atoms with Gasteiger partial charge in [-0.3, -0.25) is 14.6 Å². The number of amides is 2. The lowest BCUT2D eigenvalue weighted by Crippen LogP contribution is -2.43. The highest BCUT2D eigenvalue weighted by atomic mass is 19.4. The molecular formula is C25H25F6N7O2. The number of carbonyl (C=O) groups excluding carboxylic acids is 2. The van der Waals surface area contributed by atoms with Crippen molar-refractivity contribution in [3.63, 3.8) is 0 Å². The molecule has 4 heterocycles. The van der Waals surface area contributed by atoms with Gasteiger partial charge in [-0.25, -0.2) is 22.7 Å². The van der Waals surface area contributed by atoms with Crippen LogP contribution in [-0.2, 0) is 11.0 Å². The lowest BCUT2D eigenvalue weighted by atomic mass is 9.86. The van der Waals surface area contributed by atoms with Crippen molar-refractivity contribution < 1.29 is 35.9 Å². The summed E-state index contributed by atoms with van der Waals surface area (Å²) in [5.74, 6) is -4.97. The number of aryl methyl sites for hydroxylation is 1. The first-order chi connectivity index (χ1) is 18.7. The molecule has 3 aromatic rings. The Bertz CT molecular complexity index is 1460. The molecule has 0 radical (unpaired) electrons. The van der Waals surface area contributed by atoms with Gasteiger partial charge in [0.2, 0.25) is 11.8 Å². The lowest BCUT2D eigenvalue weighted by Gasteiger charge is -2.30. The summed E-state index contributed by atoms with van der Waals surface area (Å²) in [7, 11) is 0. The summed E-state index contributed by atoms with van der Waals surface area (Å²) in [6.45, 7) is 1.08. The van der Waals surface area contributed by atoms with Crippen LogP contribution in [0.4, 0.5) is 32.2 Å². The van der Waals surface area contributed by atoms with Crippen LogP contribution in [0, 0.1) is 12.8 Å². The van der Waals surface area contributed by atoms with Crippen LogP contribution in [0.5, 0.6) is 0 Å². The fourth-order valence-corrected chi connectivity index (χ4v) is 5.26. The fraction of sp³-hybridized carbons (Fsp3) is 0.480. The van der Waals surface area contributed by atoms with E-state index < -0.39 is 66.0 Å². The number of nitrogens with zero attached hydrogens (tertiary/aromatic N) is 5. The highest BCUT2D eigenvalue weighted by molar-refractivity contribution is 5.97. The van der Waals surface area contributed by atoms with Gasteiger partial charge >= 0.3 is 6.18 Å². The molecule has 2 amide bonds. The third-order valence-electron chi connectivity index (χ3n) is 7.46. The van der Waals surface area contributed by atoms with Crippen LogP contribution in [0.15, 0.2) is 24.7 Å². The van der Waals surface area contributed by atoms with Crippen molar-refractivity contribution >= 4 is 23.1 Å². The molecule has 0 aromatic carbocycles. The Morgan fingerprint density at radius 2 is 1.82 bits per heavy atom. The van der Waals surface area contributed by atoms with E-state index in [4.69, 9.17) is 5.73 Å². The molecule has 40 heavy (non-hydrogen) atoms. The number of pyridine rings is 1. The summed E-state index contributed by atoms with van der Waals surface area (Å²) >= 11 is 0. The number of carbonyl (C=O) groups is 2. The van der Waals surface area contributed by atoms with Crippen molar-refractivity contribution in [2.24, 2.45) is 5.92 Å². The number of aromatic nitrogens is 4. The van der Waals surface area contributed by atoms with Crippen LogP contribution in [0.2, 0.25) is 0 Å². The van der Waals surface area contributed by atoms with Gasteiger partial charge in [0.25, 0.3) is 5.91 Å². The predicted octanol–water partition coefficient (Wildman–Crippen LogP) is 3.80. The van der Waals surface area contributed by atoms with Crippen LogP contribution in [-0.4, -0.2) is 67.5 Å². The number of rotatable bonds is 4. The first-order valence-corrected chi connectivity index (χ1v) is 12.5. The number of hydrogen-bond acceptors (Lipinski definition) is 6. The number of nitrogens with two attached hydrogens (primary N) is 1. The van der Waals surface area contributed by atoms with Crippen LogP contribution in [0.25, 0.3) is 16.8 Å². The normalized spacial score (nSPS) is 21.6. The Morgan fingerprint density at radius 3 is 2.50 bits per heavy atom. The average Bonchev–Trinajstić information content (AvgIpc) is 3.46. The highest BCUT2D eigenvalue weighted by Gasteiger charge is 2.43. The van der Waals surface area contributed by atoms with Crippen molar-refractivity contribution in [2.45, 2.75) is 56.9 Å². The quantitative estimate of drug-likeness (QED) is 0.462. The second-order valence-electron chi connectivity index (χ2n) is 10.2. The molecule has 0 spiro atoms. The molecule has 1 aliphatic heterocycles. The minimum atomic E-state index is -4.76. The number of anilines is 1. The van der Waals surface area contributed by atoms with E-state index in [2.05, 4.69) is 20.4 Å². The first-order valence-electron chi connectivity index (χ1n) is 12.5. The molecule has 9 nitrogen and oxygen atoms in total. The summed E-state index contributed by atoms with van der Waals surface area (Å²) in [6, 6.07) is 1.07. The van der Waals surface area contributed by atoms with Gasteiger partial charge in [0, 0.05) is 37.1 Å². The molecule has 3 N–H and O–H groups in total. The summed E-state index contributed by atoms with van der Waals surface area (Å²) in [5.41, 5.74) is 4.47. The molecule has 15 heteroatoms. The summed E-state index contributed by atoms with van der Waals surface area (Å²) in [6.07, 6.45) is -4.88. The van der Waals surface area contributed by atoms with Gasteiger partial charge in [0.15, 0.2) is 5.82 Å². The van der Waals surface area contributed by atoms with E-state index in [9.17, 15) is 35.9 Å². The standard InChI is InChI=1S/C25H25F6N7O2/c1-12-15(6-14(8-33-12)19-7-16(25(29,30)31)20-21(32)34-11-35-38(19)20)22(39)36-18-10-37(9-17(18)26)23(40)13-2-4-24(27,28)5-3-13/h6-8,11,13,17-18H,2-5,9-10H2,1H3,(H,36,39)(H2,32,34,35)/t17-,18+/m0/s1. The Balaban J connectivity index is 1.36. The zero-order valence-corrected chi connectivity index (χ0v) is 21.2. The molecule has 5 rings (SSSR count). The molecule has 3 aromatic heterocycles. The molecule has 2 aliphatic rings. The fourth-order valence-electron chi connectivity index (χ4n) is 5.26. The van der Waals surface area contributed by atoms with E-state index in [1.807, 2.05) is 0 Å². The number of nitrogens with one attached hydrogen (secondary N) is 1. The second-order valence-corrected chi connectivity index (χ2v) is 10.2. The Labute approximate surface area is 223 Å². The number of fused-ring (bicyclic) bond motifs is 1. The largest absolute Gasteiger partial charge is 0.418 e. The van der Waals surface area contributed by atoms with Crippen molar-refractivity contribution in [1.29, 1.82) is 0 Å². The topological polar surface area (TPSA) is 119 Å². The molecule has 2 fully saturated rings. The van der Waals surface area contributed by atoms with Gasteiger partial charge in [0.05, 0.1) is 35.1 Å². The van der Waals surface area contributed by atoms with Gasteiger partial charge in [0.1, 0.15) is 18.0 Å². The zero-order valence-electron chi connectivity index (χ0n) is 21.2. The van der Waals surface area contributed by atoms with Gasteiger partial charge in [-0.2, -0.15) is 18.3 Å². The predicted molar refractivity (Wildman–Crippen MR) is 130 cm³/mol. The van der Waals surface area contributed by atoms with Gasteiger partial charge in [-0.1, -0.05) is 0 Å². The smallest absolute Gasteiger partial charge is 0.382 e. The maximum atomic E-state index is 14.9. The molecule has 1 aliphatic carbocycles. The summed E-state index contributed by atoms with van der Waals surface area (Å²) in [5, 5.41) is 6.42. The number of alkyl halides is 6. The van der Waals surface area contributed by atoms with Crippen molar-refractivity contribution in [3.8, 4) is 11.3 Å². The van der Waals surface area contributed by atoms with E-state index in [1.165, 1.54) is 24.1 Å². The minimum Gasteiger partial charge on any atom is -0.382 e. The molecule has 1 saturated carbocycles. The molecule has 214 valence electrons. The van der Waals surface area contributed by atoms with E-state index in [0.29, 0.717) is 0 Å². The number of halogens is 6. The molecule has 1 saturated heterocycles. The third kappa shape index (κ3) is 5.16. The van der Waals surface area contributed by atoms with E-state index in [-0.39, 0.29) is 54.3 Å². The van der Waals surface area contributed by atoms with Crippen molar-refractivity contribution in [2.75, 3.05) is 18.8 Å². The van der Waals surface area contributed by atoms with Gasteiger partial charge in [-0.05, 0) is 31.9 Å². The number of nitrogen functional groups attached to an aromatic ring is 1. The molecule has 2 atom stereocenters. The SMILES string of the molecule is Cc1ncc(-c2cc(C(F)(F)F)c3c(N)ncnn23)cc1C(=O)N[C@@H]1CN(C(=O)C2CCC(F)(F)CC2)C[C@@H]1F. The number of likely N-dealkylation sites (tertiary alicyclic amines) is 1. The van der Waals surface area contributed by atoms with Crippen LogP contribution in [0.3, 0.4) is 0 Å². The maximum absolute atomic E-state index is 14.9. The molecular weight excluding hydrogens is 544 g/mol. The van der Waals surface area contributed by atoms with Gasteiger partial charge in [-0.15, -0.1) is 0 Å². The van der Waals surface area contributed by atoms with Crippen LogP contribution >= 0.6 is 0 Å². The van der Waals surface area contributed by atoms with Crippen LogP contribution in [0.1, 0.15) is 47.3 Å². The van der Waals surface area contributed by atoms with E-state index in [0.717, 1.165) is 16.9 Å².